The number of hydrogen-bond donors (Lipinski definition) is 0. The third-order valence-corrected chi connectivity index (χ3v) is 0.511. The smallest absolute Gasteiger partial charge is 0.244 e. The van der Waals surface area contributed by atoms with Crippen LogP contribution in [-0.2, 0) is 4.79 Å². The van der Waals surface area contributed by atoms with E-state index in [1.807, 2.05) is 0 Å². The zero-order valence-corrected chi connectivity index (χ0v) is 4.48. The van der Waals surface area contributed by atoms with Crippen molar-refractivity contribution in [1.82, 2.24) is 0 Å². The highest BCUT2D eigenvalue weighted by Crippen LogP contribution is 1.82. The summed E-state index contributed by atoms with van der Waals surface area (Å²) in [6.45, 7) is 0. The fourth-order valence-electron chi connectivity index (χ4n) is 0.161. The highest BCUT2D eigenvalue weighted by molar-refractivity contribution is 6.66. The van der Waals surface area contributed by atoms with E-state index in [-0.39, 0.29) is 0 Å². The van der Waals surface area contributed by atoms with E-state index in [9.17, 15) is 4.79 Å². The van der Waals surface area contributed by atoms with Crippen molar-refractivity contribution in [2.45, 2.75) is 6.32 Å². The minimum absolute atomic E-state index is 0.360. The van der Waals surface area contributed by atoms with E-state index < -0.39 is 5.24 Å². The van der Waals surface area contributed by atoms with Crippen molar-refractivity contribution in [3.63, 3.8) is 0 Å². The number of hydrogen-bond acceptors (Lipinski definition) is 1. The second kappa shape index (κ2) is 3.94. The van der Waals surface area contributed by atoms with Crippen molar-refractivity contribution < 1.29 is 4.79 Å². The van der Waals surface area contributed by atoms with Crippen molar-refractivity contribution >= 4 is 24.7 Å². The molecule has 0 aromatic rings. The highest BCUT2D eigenvalue weighted by atomic mass is 35.5. The SMILES string of the molecule is [B]C/C=C/C(=O)Cl. The fraction of sp³-hybridized carbons (Fsp3) is 0.250. The Hall–Kier alpha value is -0.235. The zero-order chi connectivity index (χ0) is 5.70. The topological polar surface area (TPSA) is 17.1 Å². The Morgan fingerprint density at radius 2 is 2.43 bits per heavy atom. The summed E-state index contributed by atoms with van der Waals surface area (Å²) in [4.78, 5) is 9.83. The van der Waals surface area contributed by atoms with E-state index in [1.54, 1.807) is 0 Å². The summed E-state index contributed by atoms with van der Waals surface area (Å²) >= 11 is 4.88. The van der Waals surface area contributed by atoms with Gasteiger partial charge in [0.2, 0.25) is 5.24 Å². The Morgan fingerprint density at radius 1 is 1.86 bits per heavy atom. The first kappa shape index (κ1) is 6.76. The summed E-state index contributed by atoms with van der Waals surface area (Å²) in [5, 5.41) is -0.481. The maximum Gasteiger partial charge on any atom is 0.244 e. The zero-order valence-electron chi connectivity index (χ0n) is 3.73. The molecule has 0 heterocycles. The van der Waals surface area contributed by atoms with Gasteiger partial charge < -0.3 is 0 Å². The number of allylic oxidation sites excluding steroid dienone is 2. The molecule has 0 saturated carbocycles. The van der Waals surface area contributed by atoms with Gasteiger partial charge in [-0.25, -0.2) is 0 Å². The first-order chi connectivity index (χ1) is 3.27. The van der Waals surface area contributed by atoms with E-state index in [1.165, 1.54) is 12.2 Å². The molecule has 0 aromatic carbocycles. The Labute approximate surface area is 48.8 Å². The van der Waals surface area contributed by atoms with Crippen molar-refractivity contribution in [2.75, 3.05) is 0 Å². The molecule has 1 nitrogen and oxygen atoms in total. The maximum absolute atomic E-state index is 9.83. The predicted octanol–water partition coefficient (Wildman–Crippen LogP) is 0.895. The second-order valence-electron chi connectivity index (χ2n) is 0.942. The molecule has 3 heteroatoms. The molecule has 0 amide bonds. The van der Waals surface area contributed by atoms with Crippen molar-refractivity contribution in [3.05, 3.63) is 12.2 Å². The van der Waals surface area contributed by atoms with Gasteiger partial charge >= 0.3 is 0 Å². The second-order valence-corrected chi connectivity index (χ2v) is 1.31. The van der Waals surface area contributed by atoms with Gasteiger partial charge in [-0.3, -0.25) is 4.79 Å². The number of rotatable bonds is 2. The molecule has 0 N–H and O–H groups in total. The minimum Gasteiger partial charge on any atom is -0.276 e. The number of carbonyl (C=O) groups excluding carboxylic acids is 1. The fourth-order valence-corrected chi connectivity index (χ4v) is 0.250. The summed E-state index contributed by atoms with van der Waals surface area (Å²) < 4.78 is 0. The van der Waals surface area contributed by atoms with Gasteiger partial charge in [0.1, 0.15) is 0 Å². The Morgan fingerprint density at radius 3 is 2.57 bits per heavy atom. The van der Waals surface area contributed by atoms with Crippen molar-refractivity contribution in [2.24, 2.45) is 0 Å². The Balaban J connectivity index is 3.26. The van der Waals surface area contributed by atoms with Crippen LogP contribution < -0.4 is 0 Å². The van der Waals surface area contributed by atoms with E-state index >= 15 is 0 Å². The Kier molecular flexibility index (Phi) is 3.81. The lowest BCUT2D eigenvalue weighted by atomic mass is 10.1. The Bertz CT molecular complexity index is 89.7. The van der Waals surface area contributed by atoms with Crippen LogP contribution in [0.1, 0.15) is 0 Å². The van der Waals surface area contributed by atoms with E-state index in [2.05, 4.69) is 0 Å². The molecule has 0 rings (SSSR count). The average Bonchev–Trinajstić information content (AvgIpc) is 1.61. The molecule has 36 valence electrons. The van der Waals surface area contributed by atoms with Crippen LogP contribution in [0.2, 0.25) is 6.32 Å². The van der Waals surface area contributed by atoms with E-state index in [4.69, 9.17) is 19.4 Å². The molecule has 0 bridgehead atoms. The first-order valence-electron chi connectivity index (χ1n) is 1.83. The van der Waals surface area contributed by atoms with Crippen molar-refractivity contribution in [1.29, 1.82) is 0 Å². The molecular formula is C4H4BClO. The van der Waals surface area contributed by atoms with Gasteiger partial charge in [0.15, 0.2) is 0 Å². The summed E-state index contributed by atoms with van der Waals surface area (Å²) in [5.41, 5.74) is 0. The van der Waals surface area contributed by atoms with Gasteiger partial charge in [0.25, 0.3) is 0 Å². The molecular weight excluding hydrogens is 110 g/mol. The lowest BCUT2D eigenvalue weighted by Crippen LogP contribution is -1.72. The monoisotopic (exact) mass is 114 g/mol. The van der Waals surface area contributed by atoms with Crippen LogP contribution >= 0.6 is 11.6 Å². The van der Waals surface area contributed by atoms with Crippen LogP contribution in [-0.4, -0.2) is 13.1 Å². The normalized spacial score (nSPS) is 9.86. The summed E-state index contributed by atoms with van der Waals surface area (Å²) in [5.74, 6) is 0. The van der Waals surface area contributed by atoms with Crippen LogP contribution in [0.4, 0.5) is 0 Å². The maximum atomic E-state index is 9.83. The van der Waals surface area contributed by atoms with Crippen molar-refractivity contribution in [3.8, 4) is 0 Å². The third-order valence-electron chi connectivity index (χ3n) is 0.385. The van der Waals surface area contributed by atoms with Crippen LogP contribution in [0.15, 0.2) is 12.2 Å². The summed E-state index contributed by atoms with van der Waals surface area (Å²) in [6, 6.07) is 0. The van der Waals surface area contributed by atoms with Gasteiger partial charge in [-0.15, -0.1) is 0 Å². The number of carbonyl (C=O) groups is 1. The summed E-state index contributed by atoms with van der Waals surface area (Å²) in [6.07, 6.45) is 3.08. The molecule has 0 aliphatic carbocycles. The molecule has 0 aliphatic rings. The van der Waals surface area contributed by atoms with Gasteiger partial charge in [0.05, 0.1) is 7.85 Å². The molecule has 0 spiro atoms. The molecule has 0 aliphatic heterocycles. The minimum atomic E-state index is -0.481. The van der Waals surface area contributed by atoms with E-state index in [0.29, 0.717) is 6.32 Å². The predicted molar refractivity (Wildman–Crippen MR) is 30.6 cm³/mol. The molecule has 2 radical (unpaired) electrons. The largest absolute Gasteiger partial charge is 0.276 e. The van der Waals surface area contributed by atoms with Crippen LogP contribution in [0.3, 0.4) is 0 Å². The molecule has 7 heavy (non-hydrogen) atoms. The van der Waals surface area contributed by atoms with Crippen LogP contribution in [0, 0.1) is 0 Å². The molecule has 0 fully saturated rings. The summed E-state index contributed by atoms with van der Waals surface area (Å²) in [7, 11) is 4.98. The lowest BCUT2D eigenvalue weighted by Gasteiger charge is -1.71. The van der Waals surface area contributed by atoms with Gasteiger partial charge in [-0.1, -0.05) is 12.4 Å². The van der Waals surface area contributed by atoms with E-state index in [0.717, 1.165) is 0 Å². The van der Waals surface area contributed by atoms with Crippen LogP contribution in [0.25, 0.3) is 0 Å². The quantitative estimate of drug-likeness (QED) is 0.296. The first-order valence-corrected chi connectivity index (χ1v) is 2.21. The number of halogens is 1. The molecule has 0 unspecified atom stereocenters. The van der Waals surface area contributed by atoms with Gasteiger partial charge in [0, 0.05) is 0 Å². The molecule has 0 aromatic heterocycles. The third kappa shape index (κ3) is 5.76. The molecule has 0 saturated heterocycles. The van der Waals surface area contributed by atoms with Gasteiger partial charge in [-0.2, -0.15) is 0 Å². The van der Waals surface area contributed by atoms with Crippen LogP contribution in [0.5, 0.6) is 0 Å². The lowest BCUT2D eigenvalue weighted by molar-refractivity contribution is -0.107. The highest BCUT2D eigenvalue weighted by Gasteiger charge is 1.79. The standard InChI is InChI=1S/C4H4BClO/c5-3-1-2-4(6)7/h1-2H,3H2/b2-1+. The van der Waals surface area contributed by atoms with Gasteiger partial charge in [-0.05, 0) is 17.7 Å². The average molecular weight is 114 g/mol. The molecule has 0 atom stereocenters.